The SMILES string of the molecule is COc1cc2c(cc1OC)N(C(=O)C(C)C)[C@H](C)[C@H](Cc1ccccc1)[CH]2. The van der Waals surface area contributed by atoms with Gasteiger partial charge in [0.15, 0.2) is 11.5 Å². The molecule has 0 N–H and O–H groups in total. The van der Waals surface area contributed by atoms with Gasteiger partial charge in [-0.15, -0.1) is 0 Å². The number of rotatable bonds is 5. The van der Waals surface area contributed by atoms with E-state index < -0.39 is 0 Å². The van der Waals surface area contributed by atoms with Crippen LogP contribution in [0.1, 0.15) is 31.9 Å². The van der Waals surface area contributed by atoms with Gasteiger partial charge in [0.25, 0.3) is 0 Å². The molecule has 0 spiro atoms. The van der Waals surface area contributed by atoms with Crippen molar-refractivity contribution in [3.05, 3.63) is 60.0 Å². The number of carbonyl (C=O) groups excluding carboxylic acids is 1. The smallest absolute Gasteiger partial charge is 0.229 e. The van der Waals surface area contributed by atoms with E-state index in [0.29, 0.717) is 11.5 Å². The van der Waals surface area contributed by atoms with Crippen LogP contribution in [0.5, 0.6) is 11.5 Å². The molecule has 2 atom stereocenters. The Kier molecular flexibility index (Phi) is 5.73. The Balaban J connectivity index is 2.04. The lowest BCUT2D eigenvalue weighted by atomic mass is 9.81. The molecule has 4 nitrogen and oxygen atoms in total. The minimum atomic E-state index is -0.0797. The third kappa shape index (κ3) is 3.80. The molecule has 0 unspecified atom stereocenters. The van der Waals surface area contributed by atoms with E-state index in [0.717, 1.165) is 17.7 Å². The highest BCUT2D eigenvalue weighted by Crippen LogP contribution is 2.43. The minimum absolute atomic E-state index is 0.0608. The second-order valence-electron chi connectivity index (χ2n) is 7.39. The number of anilines is 1. The summed E-state index contributed by atoms with van der Waals surface area (Å²) in [6.07, 6.45) is 3.15. The molecule has 0 saturated carbocycles. The lowest BCUT2D eigenvalue weighted by Gasteiger charge is -2.41. The largest absolute Gasteiger partial charge is 0.493 e. The Bertz CT molecular complexity index is 801. The summed E-state index contributed by atoms with van der Waals surface area (Å²) < 4.78 is 10.9. The van der Waals surface area contributed by atoms with Crippen molar-refractivity contribution in [2.24, 2.45) is 11.8 Å². The van der Waals surface area contributed by atoms with Gasteiger partial charge >= 0.3 is 0 Å². The van der Waals surface area contributed by atoms with E-state index in [9.17, 15) is 4.79 Å². The first-order valence-corrected chi connectivity index (χ1v) is 9.44. The zero-order valence-electron chi connectivity index (χ0n) is 16.7. The van der Waals surface area contributed by atoms with Crippen LogP contribution >= 0.6 is 0 Å². The summed E-state index contributed by atoms with van der Waals surface area (Å²) in [6, 6.07) is 14.4. The van der Waals surface area contributed by atoms with E-state index >= 15 is 0 Å². The summed E-state index contributed by atoms with van der Waals surface area (Å²) in [4.78, 5) is 15.0. The lowest BCUT2D eigenvalue weighted by Crippen LogP contribution is -2.48. The fraction of sp³-hybridized carbons (Fsp3) is 0.391. The van der Waals surface area contributed by atoms with E-state index in [2.05, 4.69) is 37.6 Å². The number of fused-ring (bicyclic) bond motifs is 1. The van der Waals surface area contributed by atoms with Gasteiger partial charge in [-0.2, -0.15) is 0 Å². The number of hydrogen-bond donors (Lipinski definition) is 0. The maximum atomic E-state index is 13.1. The first kappa shape index (κ1) is 19.3. The number of carbonyl (C=O) groups is 1. The molecule has 2 aromatic carbocycles. The highest BCUT2D eigenvalue weighted by atomic mass is 16.5. The average molecular weight is 366 g/mol. The zero-order valence-corrected chi connectivity index (χ0v) is 16.7. The molecule has 27 heavy (non-hydrogen) atoms. The summed E-state index contributed by atoms with van der Waals surface area (Å²) >= 11 is 0. The summed E-state index contributed by atoms with van der Waals surface area (Å²) in [5.74, 6) is 1.59. The Morgan fingerprint density at radius 1 is 1.07 bits per heavy atom. The summed E-state index contributed by atoms with van der Waals surface area (Å²) in [7, 11) is 3.25. The van der Waals surface area contributed by atoms with Crippen molar-refractivity contribution in [1.29, 1.82) is 0 Å². The van der Waals surface area contributed by atoms with Crippen LogP contribution in [0.2, 0.25) is 0 Å². The molecule has 0 aliphatic carbocycles. The Hall–Kier alpha value is -2.49. The predicted octanol–water partition coefficient (Wildman–Crippen LogP) is 4.51. The summed E-state index contributed by atoms with van der Waals surface area (Å²) in [6.45, 7) is 6.02. The molecule has 3 rings (SSSR count). The molecular formula is C23H28NO3. The Labute approximate surface area is 162 Å². The Morgan fingerprint density at radius 3 is 2.30 bits per heavy atom. The number of benzene rings is 2. The van der Waals surface area contributed by atoms with Crippen LogP contribution in [0.15, 0.2) is 42.5 Å². The maximum absolute atomic E-state index is 13.1. The minimum Gasteiger partial charge on any atom is -0.493 e. The van der Waals surface area contributed by atoms with Gasteiger partial charge in [0.05, 0.1) is 19.9 Å². The third-order valence-electron chi connectivity index (χ3n) is 5.26. The third-order valence-corrected chi connectivity index (χ3v) is 5.26. The number of amides is 1. The topological polar surface area (TPSA) is 38.8 Å². The lowest BCUT2D eigenvalue weighted by molar-refractivity contribution is -0.122. The molecule has 0 fully saturated rings. The maximum Gasteiger partial charge on any atom is 0.229 e. The van der Waals surface area contributed by atoms with Crippen LogP contribution in [0, 0.1) is 18.3 Å². The van der Waals surface area contributed by atoms with Crippen LogP contribution in [0.25, 0.3) is 0 Å². The van der Waals surface area contributed by atoms with Gasteiger partial charge in [-0.3, -0.25) is 4.79 Å². The second kappa shape index (κ2) is 8.03. The fourth-order valence-corrected chi connectivity index (χ4v) is 3.72. The normalized spacial score (nSPS) is 19.0. The van der Waals surface area contributed by atoms with Gasteiger partial charge in [-0.1, -0.05) is 44.2 Å². The molecule has 4 heteroatoms. The molecule has 1 aliphatic heterocycles. The van der Waals surface area contributed by atoms with E-state index in [1.165, 1.54) is 5.56 Å². The standard InChI is InChI=1S/C23H28NO3/c1-15(2)23(25)24-16(3)18(11-17-9-7-6-8-10-17)12-19-13-21(26-4)22(27-5)14-20(19)24/h6-10,12-16,18H,11H2,1-5H3/t16-,18-/m1/s1. The van der Waals surface area contributed by atoms with Gasteiger partial charge in [-0.05, 0) is 42.9 Å². The van der Waals surface area contributed by atoms with Crippen LogP contribution in [-0.2, 0) is 11.2 Å². The number of nitrogens with zero attached hydrogens (tertiary/aromatic N) is 1. The van der Waals surface area contributed by atoms with Gasteiger partial charge in [0.2, 0.25) is 5.91 Å². The zero-order chi connectivity index (χ0) is 19.6. The molecule has 1 aliphatic rings. The van der Waals surface area contributed by atoms with Crippen molar-refractivity contribution in [2.45, 2.75) is 33.2 Å². The highest BCUT2D eigenvalue weighted by molar-refractivity contribution is 5.97. The first-order chi connectivity index (χ1) is 13.0. The summed E-state index contributed by atoms with van der Waals surface area (Å²) in [5, 5.41) is 0. The molecule has 0 bridgehead atoms. The highest BCUT2D eigenvalue weighted by Gasteiger charge is 2.37. The van der Waals surface area contributed by atoms with E-state index in [4.69, 9.17) is 9.47 Å². The van der Waals surface area contributed by atoms with Crippen molar-refractivity contribution in [1.82, 2.24) is 0 Å². The van der Waals surface area contributed by atoms with E-state index in [1.54, 1.807) is 14.2 Å². The Morgan fingerprint density at radius 2 is 1.70 bits per heavy atom. The van der Waals surface area contributed by atoms with Crippen LogP contribution < -0.4 is 14.4 Å². The molecule has 0 aromatic heterocycles. The van der Waals surface area contributed by atoms with E-state index in [-0.39, 0.29) is 23.8 Å². The van der Waals surface area contributed by atoms with Gasteiger partial charge in [0, 0.05) is 18.0 Å². The fourth-order valence-electron chi connectivity index (χ4n) is 3.72. The van der Waals surface area contributed by atoms with Crippen molar-refractivity contribution in [2.75, 3.05) is 19.1 Å². The molecular weight excluding hydrogens is 338 g/mol. The molecule has 2 aromatic rings. The van der Waals surface area contributed by atoms with Crippen LogP contribution in [0.4, 0.5) is 5.69 Å². The molecule has 1 heterocycles. The number of ether oxygens (including phenoxy) is 2. The van der Waals surface area contributed by atoms with Crippen molar-refractivity contribution in [3.8, 4) is 11.5 Å². The van der Waals surface area contributed by atoms with Crippen molar-refractivity contribution >= 4 is 11.6 Å². The van der Waals surface area contributed by atoms with Crippen molar-refractivity contribution in [3.63, 3.8) is 0 Å². The number of hydrogen-bond acceptors (Lipinski definition) is 3. The van der Waals surface area contributed by atoms with Gasteiger partial charge in [0.1, 0.15) is 0 Å². The van der Waals surface area contributed by atoms with Crippen molar-refractivity contribution < 1.29 is 14.3 Å². The second-order valence-corrected chi connectivity index (χ2v) is 7.39. The number of methoxy groups -OCH3 is 2. The van der Waals surface area contributed by atoms with Gasteiger partial charge < -0.3 is 14.4 Å². The average Bonchev–Trinajstić information content (AvgIpc) is 2.68. The van der Waals surface area contributed by atoms with E-state index in [1.807, 2.05) is 36.9 Å². The molecule has 1 radical (unpaired) electrons. The predicted molar refractivity (Wildman–Crippen MR) is 108 cm³/mol. The summed E-state index contributed by atoms with van der Waals surface area (Å²) in [5.41, 5.74) is 3.18. The quantitative estimate of drug-likeness (QED) is 0.782. The van der Waals surface area contributed by atoms with Crippen LogP contribution in [-0.4, -0.2) is 26.2 Å². The molecule has 143 valence electrons. The molecule has 0 saturated heterocycles. The molecule has 1 amide bonds. The van der Waals surface area contributed by atoms with Gasteiger partial charge in [-0.25, -0.2) is 0 Å². The monoisotopic (exact) mass is 366 g/mol. The van der Waals surface area contributed by atoms with Crippen LogP contribution in [0.3, 0.4) is 0 Å². The first-order valence-electron chi connectivity index (χ1n) is 9.44.